The third kappa shape index (κ3) is 3.36. The minimum absolute atomic E-state index is 0.0240. The first kappa shape index (κ1) is 14.5. The number of carboxylic acid groups (broad SMARTS) is 1. The van der Waals surface area contributed by atoms with Crippen LogP contribution in [0.3, 0.4) is 0 Å². The quantitative estimate of drug-likeness (QED) is 0.667. The molecule has 0 amide bonds. The summed E-state index contributed by atoms with van der Waals surface area (Å²) in [6.07, 6.45) is 1.37. The van der Waals surface area contributed by atoms with Gasteiger partial charge in [-0.25, -0.2) is 4.79 Å². The van der Waals surface area contributed by atoms with Crippen LogP contribution in [0.25, 0.3) is 6.08 Å². The Hall–Kier alpha value is -2.88. The van der Waals surface area contributed by atoms with E-state index in [4.69, 9.17) is 5.11 Å². The van der Waals surface area contributed by atoms with Gasteiger partial charge in [-0.1, -0.05) is 30.3 Å². The van der Waals surface area contributed by atoms with Gasteiger partial charge in [0, 0.05) is 16.7 Å². The number of hydrogen-bond acceptors (Lipinski definition) is 3. The molecule has 0 saturated heterocycles. The molecule has 0 aromatic heterocycles. The summed E-state index contributed by atoms with van der Waals surface area (Å²) in [6, 6.07) is 13.0. The Bertz CT molecular complexity index is 715. The van der Waals surface area contributed by atoms with Gasteiger partial charge in [-0.3, -0.25) is 4.79 Å². The van der Waals surface area contributed by atoms with Gasteiger partial charge in [-0.15, -0.1) is 0 Å². The Balaban J connectivity index is 2.52. The van der Waals surface area contributed by atoms with Crippen molar-refractivity contribution in [2.24, 2.45) is 0 Å². The average molecular weight is 282 g/mol. The number of benzene rings is 2. The van der Waals surface area contributed by atoms with Gasteiger partial charge in [-0.05, 0) is 36.8 Å². The Labute approximate surface area is 122 Å². The highest BCUT2D eigenvalue weighted by Crippen LogP contribution is 2.22. The maximum absolute atomic E-state index is 12.5. The lowest BCUT2D eigenvalue weighted by molar-refractivity contribution is -0.132. The molecule has 0 heterocycles. The second-order valence-corrected chi connectivity index (χ2v) is 4.60. The summed E-state index contributed by atoms with van der Waals surface area (Å²) in [5.41, 5.74) is 1.32. The van der Waals surface area contributed by atoms with Crippen molar-refractivity contribution in [3.63, 3.8) is 0 Å². The number of hydrogen-bond donors (Lipinski definition) is 2. The first-order valence-electron chi connectivity index (χ1n) is 6.33. The van der Waals surface area contributed by atoms with Gasteiger partial charge in [0.15, 0.2) is 5.78 Å². The molecule has 0 atom stereocenters. The van der Waals surface area contributed by atoms with Crippen LogP contribution in [0.5, 0.6) is 5.75 Å². The Morgan fingerprint density at radius 2 is 1.71 bits per heavy atom. The zero-order chi connectivity index (χ0) is 15.4. The first-order valence-corrected chi connectivity index (χ1v) is 6.33. The van der Waals surface area contributed by atoms with Crippen LogP contribution >= 0.6 is 0 Å². The zero-order valence-corrected chi connectivity index (χ0v) is 11.4. The van der Waals surface area contributed by atoms with Crippen LogP contribution in [0.2, 0.25) is 0 Å². The summed E-state index contributed by atoms with van der Waals surface area (Å²) >= 11 is 0. The fraction of sp³-hybridized carbons (Fsp3) is 0.0588. The van der Waals surface area contributed by atoms with E-state index in [1.807, 2.05) is 6.07 Å². The van der Waals surface area contributed by atoms with Crippen LogP contribution in [0, 0.1) is 0 Å². The number of aliphatic carboxylic acids is 1. The second-order valence-electron chi connectivity index (χ2n) is 4.60. The number of phenolic OH excluding ortho intramolecular Hbond substituents is 1. The Morgan fingerprint density at radius 1 is 1.05 bits per heavy atom. The highest BCUT2D eigenvalue weighted by atomic mass is 16.4. The number of carboxylic acids is 1. The predicted octanol–water partition coefficient (Wildman–Crippen LogP) is 3.11. The van der Waals surface area contributed by atoms with E-state index in [2.05, 4.69) is 0 Å². The van der Waals surface area contributed by atoms with Crippen LogP contribution in [0.1, 0.15) is 28.4 Å². The molecule has 0 aliphatic rings. The molecule has 0 fully saturated rings. The molecule has 0 aliphatic carbocycles. The molecule has 0 spiro atoms. The molecule has 21 heavy (non-hydrogen) atoms. The van der Waals surface area contributed by atoms with E-state index in [0.29, 0.717) is 16.7 Å². The molecule has 2 aromatic rings. The minimum atomic E-state index is -1.07. The molecule has 0 radical (unpaired) electrons. The fourth-order valence-corrected chi connectivity index (χ4v) is 1.92. The lowest BCUT2D eigenvalue weighted by Gasteiger charge is -2.07. The molecular weight excluding hydrogens is 268 g/mol. The minimum Gasteiger partial charge on any atom is -0.508 e. The van der Waals surface area contributed by atoms with Crippen LogP contribution in [0.15, 0.2) is 54.1 Å². The van der Waals surface area contributed by atoms with Gasteiger partial charge in [0.2, 0.25) is 0 Å². The maximum atomic E-state index is 12.5. The van der Waals surface area contributed by atoms with Crippen molar-refractivity contribution >= 4 is 17.8 Å². The number of aromatic hydroxyl groups is 1. The van der Waals surface area contributed by atoms with Gasteiger partial charge >= 0.3 is 5.97 Å². The van der Waals surface area contributed by atoms with Gasteiger partial charge in [0.05, 0.1) is 0 Å². The molecule has 2 aromatic carbocycles. The molecule has 2 N–H and O–H groups in total. The van der Waals surface area contributed by atoms with Crippen LogP contribution in [-0.4, -0.2) is 22.0 Å². The van der Waals surface area contributed by atoms with E-state index in [1.165, 1.54) is 31.2 Å². The van der Waals surface area contributed by atoms with Gasteiger partial charge in [0.1, 0.15) is 5.75 Å². The molecule has 0 bridgehead atoms. The summed E-state index contributed by atoms with van der Waals surface area (Å²) in [5, 5.41) is 18.5. The molecule has 0 unspecified atom stereocenters. The van der Waals surface area contributed by atoms with Gasteiger partial charge in [0.25, 0.3) is 0 Å². The Morgan fingerprint density at radius 3 is 2.33 bits per heavy atom. The standard InChI is InChI=1S/C17H14O4/c1-11(17(20)21)9-13-10-14(18)7-8-15(13)16(19)12-5-3-2-4-6-12/h2-10,18H,1H3,(H,20,21). The van der Waals surface area contributed by atoms with E-state index in [1.54, 1.807) is 24.3 Å². The van der Waals surface area contributed by atoms with Crippen LogP contribution in [-0.2, 0) is 4.79 Å². The number of ketones is 1. The predicted molar refractivity (Wildman–Crippen MR) is 79.3 cm³/mol. The molecule has 4 heteroatoms. The lowest BCUT2D eigenvalue weighted by Crippen LogP contribution is -2.04. The van der Waals surface area contributed by atoms with Crippen LogP contribution < -0.4 is 0 Å². The summed E-state index contributed by atoms with van der Waals surface area (Å²) in [4.78, 5) is 23.4. The number of phenols is 1. The third-order valence-electron chi connectivity index (χ3n) is 3.03. The molecule has 0 saturated carbocycles. The molecule has 2 rings (SSSR count). The van der Waals surface area contributed by atoms with Gasteiger partial charge in [-0.2, -0.15) is 0 Å². The number of carbonyl (C=O) groups is 2. The number of carbonyl (C=O) groups excluding carboxylic acids is 1. The van der Waals surface area contributed by atoms with Crippen molar-refractivity contribution in [2.45, 2.75) is 6.92 Å². The summed E-state index contributed by atoms with van der Waals surface area (Å²) in [7, 11) is 0. The van der Waals surface area contributed by atoms with Crippen molar-refractivity contribution < 1.29 is 19.8 Å². The van der Waals surface area contributed by atoms with E-state index in [9.17, 15) is 14.7 Å². The third-order valence-corrected chi connectivity index (χ3v) is 3.03. The van der Waals surface area contributed by atoms with Gasteiger partial charge < -0.3 is 10.2 Å². The normalized spacial score (nSPS) is 11.2. The fourth-order valence-electron chi connectivity index (χ4n) is 1.92. The SMILES string of the molecule is CC(=Cc1cc(O)ccc1C(=O)c1ccccc1)C(=O)O. The topological polar surface area (TPSA) is 74.6 Å². The smallest absolute Gasteiger partial charge is 0.331 e. The molecular formula is C17H14O4. The first-order chi connectivity index (χ1) is 9.99. The summed E-state index contributed by atoms with van der Waals surface area (Å²) in [5.74, 6) is -1.32. The zero-order valence-electron chi connectivity index (χ0n) is 11.4. The monoisotopic (exact) mass is 282 g/mol. The van der Waals surface area contributed by atoms with E-state index in [0.717, 1.165) is 0 Å². The second kappa shape index (κ2) is 6.05. The maximum Gasteiger partial charge on any atom is 0.331 e. The highest BCUT2D eigenvalue weighted by Gasteiger charge is 2.14. The van der Waals surface area contributed by atoms with E-state index >= 15 is 0 Å². The average Bonchev–Trinajstić information content (AvgIpc) is 2.47. The van der Waals surface area contributed by atoms with Crippen molar-refractivity contribution in [1.82, 2.24) is 0 Å². The molecule has 4 nitrogen and oxygen atoms in total. The highest BCUT2D eigenvalue weighted by molar-refractivity contribution is 6.11. The largest absolute Gasteiger partial charge is 0.508 e. The lowest BCUT2D eigenvalue weighted by atomic mass is 9.97. The van der Waals surface area contributed by atoms with Crippen molar-refractivity contribution in [3.05, 3.63) is 70.8 Å². The van der Waals surface area contributed by atoms with Crippen LogP contribution in [0.4, 0.5) is 0 Å². The number of rotatable bonds is 4. The van der Waals surface area contributed by atoms with E-state index in [-0.39, 0.29) is 17.1 Å². The van der Waals surface area contributed by atoms with Crippen molar-refractivity contribution in [1.29, 1.82) is 0 Å². The molecule has 106 valence electrons. The summed E-state index contributed by atoms with van der Waals surface area (Å²) in [6.45, 7) is 1.43. The van der Waals surface area contributed by atoms with Crippen molar-refractivity contribution in [3.8, 4) is 5.75 Å². The molecule has 0 aliphatic heterocycles. The van der Waals surface area contributed by atoms with Crippen molar-refractivity contribution in [2.75, 3.05) is 0 Å². The van der Waals surface area contributed by atoms with E-state index < -0.39 is 5.97 Å². The Kier molecular flexibility index (Phi) is 4.18. The summed E-state index contributed by atoms with van der Waals surface area (Å²) < 4.78 is 0.